The van der Waals surface area contributed by atoms with E-state index in [9.17, 15) is 9.90 Å². The topological polar surface area (TPSA) is 151 Å². The van der Waals surface area contributed by atoms with Crippen molar-refractivity contribution in [1.82, 2.24) is 20.2 Å². The number of carboxylic acid groups (broad SMARTS) is 1. The summed E-state index contributed by atoms with van der Waals surface area (Å²) in [5.41, 5.74) is 12.3. The Hall–Kier alpha value is -2.04. The van der Waals surface area contributed by atoms with E-state index in [1.54, 1.807) is 4.80 Å². The lowest BCUT2D eigenvalue weighted by Gasteiger charge is -2.71. The molecule has 2 bridgehead atoms. The summed E-state index contributed by atoms with van der Waals surface area (Å²) in [7, 11) is 0. The van der Waals surface area contributed by atoms with Gasteiger partial charge in [0.05, 0.1) is 31.8 Å². The minimum absolute atomic E-state index is 0.153. The van der Waals surface area contributed by atoms with E-state index in [-0.39, 0.29) is 56.5 Å². The first-order chi connectivity index (χ1) is 22.1. The average Bonchev–Trinajstić information content (AvgIpc) is 3.41. The molecule has 5 aliphatic rings. The van der Waals surface area contributed by atoms with Crippen LogP contribution >= 0.6 is 0 Å². The summed E-state index contributed by atoms with van der Waals surface area (Å²) in [5.74, 6) is 0.430. The largest absolute Gasteiger partial charge is 0.481 e. The number of aromatic nitrogens is 4. The number of allylic oxidation sites excluding steroid dienone is 1. The lowest BCUT2D eigenvalue weighted by Crippen LogP contribution is -2.69. The summed E-state index contributed by atoms with van der Waals surface area (Å²) in [4.78, 5) is 15.1. The predicted molar refractivity (Wildman–Crippen MR) is 187 cm³/mol. The van der Waals surface area contributed by atoms with Gasteiger partial charge in [0.25, 0.3) is 5.95 Å². The number of nitrogens with zero attached hydrogens (tertiary/aromatic N) is 4. The Morgan fingerprint density at radius 3 is 2.38 bits per heavy atom. The lowest BCUT2D eigenvalue weighted by atomic mass is 9.34. The van der Waals surface area contributed by atoms with Crippen LogP contribution in [0, 0.1) is 62.1 Å². The molecule has 1 aliphatic heterocycles. The van der Waals surface area contributed by atoms with E-state index in [1.165, 1.54) is 5.57 Å². The van der Waals surface area contributed by atoms with Crippen molar-refractivity contribution in [3.63, 3.8) is 0 Å². The molecule has 1 aromatic heterocycles. The molecule has 10 nitrogen and oxygen atoms in total. The van der Waals surface area contributed by atoms with Crippen LogP contribution in [0.15, 0.2) is 11.6 Å². The number of carboxylic acids is 1. The number of aliphatic carboxylic acids is 1. The standard InChI is InChI=1S/C38H64N6O4/c1-22(2)23(3)33(7)16-17-35(9)24-12-13-27-34(8)19-47-21-38(27,25(24)14-15-36(35,10)28(33)30(45)46)18-26(44-42-31(39)41-43-44)29(34)48-20-37(11,40)32(4,5)6/h14,22-24,26-29H,12-13,15-21,40H2,1-11H3,(H2,39,42)(H,45,46)/t23-,24+,26-,27+,28-,29+,33-,34+,35-,36+,37-,38?/m1/s1. The van der Waals surface area contributed by atoms with Crippen molar-refractivity contribution in [2.75, 3.05) is 25.6 Å². The van der Waals surface area contributed by atoms with Crippen LogP contribution in [0.5, 0.6) is 0 Å². The Bertz CT molecular complexity index is 1450. The summed E-state index contributed by atoms with van der Waals surface area (Å²) < 4.78 is 13.7. The minimum atomic E-state index is -0.634. The van der Waals surface area contributed by atoms with Crippen molar-refractivity contribution in [1.29, 1.82) is 0 Å². The maximum atomic E-state index is 13.4. The molecule has 2 heterocycles. The van der Waals surface area contributed by atoms with Gasteiger partial charge in [-0.05, 0) is 96.0 Å². The highest BCUT2D eigenvalue weighted by Crippen LogP contribution is 2.75. The summed E-state index contributed by atoms with van der Waals surface area (Å²) >= 11 is 0. The van der Waals surface area contributed by atoms with E-state index < -0.39 is 17.4 Å². The molecule has 0 radical (unpaired) electrons. The first-order valence-corrected chi connectivity index (χ1v) is 18.6. The molecule has 1 aromatic rings. The Labute approximate surface area is 288 Å². The van der Waals surface area contributed by atoms with Crippen molar-refractivity contribution < 1.29 is 19.4 Å². The van der Waals surface area contributed by atoms with Crippen LogP contribution in [-0.4, -0.2) is 62.7 Å². The molecule has 0 spiro atoms. The van der Waals surface area contributed by atoms with E-state index in [0.29, 0.717) is 37.6 Å². The molecule has 3 saturated carbocycles. The number of fused-ring (bicyclic) bond motifs is 3. The zero-order chi connectivity index (χ0) is 35.5. The highest BCUT2D eigenvalue weighted by Gasteiger charge is 2.72. The van der Waals surface area contributed by atoms with Crippen molar-refractivity contribution >= 4 is 11.9 Å². The van der Waals surface area contributed by atoms with Crippen LogP contribution in [0.2, 0.25) is 0 Å². The molecular weight excluding hydrogens is 604 g/mol. The van der Waals surface area contributed by atoms with Crippen LogP contribution in [-0.2, 0) is 14.3 Å². The first-order valence-electron chi connectivity index (χ1n) is 18.6. The number of anilines is 1. The highest BCUT2D eigenvalue weighted by atomic mass is 16.5. The average molecular weight is 669 g/mol. The minimum Gasteiger partial charge on any atom is -0.481 e. The van der Waals surface area contributed by atoms with Gasteiger partial charge in [-0.2, -0.15) is 4.80 Å². The zero-order valence-electron chi connectivity index (χ0n) is 31.6. The van der Waals surface area contributed by atoms with E-state index in [4.69, 9.17) is 20.9 Å². The molecule has 12 atom stereocenters. The normalized spacial score (nSPS) is 44.5. The van der Waals surface area contributed by atoms with Gasteiger partial charge in [0.2, 0.25) is 0 Å². The van der Waals surface area contributed by atoms with Crippen LogP contribution in [0.3, 0.4) is 0 Å². The lowest BCUT2D eigenvalue weighted by molar-refractivity contribution is -0.254. The Morgan fingerprint density at radius 1 is 1.10 bits per heavy atom. The zero-order valence-corrected chi connectivity index (χ0v) is 31.6. The van der Waals surface area contributed by atoms with Gasteiger partial charge >= 0.3 is 5.97 Å². The van der Waals surface area contributed by atoms with Crippen LogP contribution in [0.25, 0.3) is 0 Å². The molecule has 6 rings (SSSR count). The molecule has 4 fully saturated rings. The van der Waals surface area contributed by atoms with Crippen LogP contribution in [0.4, 0.5) is 5.95 Å². The highest BCUT2D eigenvalue weighted by molar-refractivity contribution is 5.73. The fraction of sp³-hybridized carbons (Fsp3) is 0.895. The van der Waals surface area contributed by atoms with Crippen molar-refractivity contribution in [2.24, 2.45) is 67.8 Å². The molecule has 270 valence electrons. The van der Waals surface area contributed by atoms with Gasteiger partial charge in [0, 0.05) is 16.4 Å². The smallest absolute Gasteiger partial charge is 0.307 e. The second kappa shape index (κ2) is 11.2. The van der Waals surface area contributed by atoms with Gasteiger partial charge in [0.1, 0.15) is 6.04 Å². The van der Waals surface area contributed by atoms with Crippen molar-refractivity contribution in [3.05, 3.63) is 11.6 Å². The molecule has 4 aliphatic carbocycles. The molecular formula is C38H64N6O4. The fourth-order valence-electron chi connectivity index (χ4n) is 12.0. The number of nitrogen functional groups attached to an aromatic ring is 1. The third-order valence-electron chi connectivity index (χ3n) is 16.1. The summed E-state index contributed by atoms with van der Waals surface area (Å²) in [5, 5.41) is 24.2. The molecule has 48 heavy (non-hydrogen) atoms. The van der Waals surface area contributed by atoms with E-state index in [2.05, 4.69) is 97.6 Å². The maximum Gasteiger partial charge on any atom is 0.307 e. The third-order valence-corrected chi connectivity index (χ3v) is 16.1. The van der Waals surface area contributed by atoms with Gasteiger partial charge in [0.15, 0.2) is 0 Å². The summed E-state index contributed by atoms with van der Waals surface area (Å²) in [6, 6.07) is -0.204. The van der Waals surface area contributed by atoms with Gasteiger partial charge in [-0.15, -0.1) is 5.10 Å². The molecule has 1 unspecified atom stereocenters. The maximum absolute atomic E-state index is 13.4. The van der Waals surface area contributed by atoms with Gasteiger partial charge in [-0.3, -0.25) is 4.79 Å². The Kier molecular flexibility index (Phi) is 8.37. The summed E-state index contributed by atoms with van der Waals surface area (Å²) in [6.45, 7) is 26.3. The summed E-state index contributed by atoms with van der Waals surface area (Å²) in [6.07, 6.45) is 7.79. The molecule has 5 N–H and O–H groups in total. The number of tetrazole rings is 1. The van der Waals surface area contributed by atoms with Crippen molar-refractivity contribution in [3.8, 4) is 0 Å². The molecule has 0 aromatic carbocycles. The van der Waals surface area contributed by atoms with Crippen LogP contribution in [0.1, 0.15) is 121 Å². The van der Waals surface area contributed by atoms with Gasteiger partial charge in [-0.1, -0.05) is 86.0 Å². The number of hydrogen-bond acceptors (Lipinski definition) is 8. The Balaban J connectivity index is 1.44. The number of rotatable bonds is 7. The second-order valence-corrected chi connectivity index (χ2v) is 19.5. The predicted octanol–water partition coefficient (Wildman–Crippen LogP) is 6.53. The number of hydrogen-bond donors (Lipinski definition) is 3. The van der Waals surface area contributed by atoms with Gasteiger partial charge < -0.3 is 26.0 Å². The number of ether oxygens (including phenoxy) is 2. The SMILES string of the molecule is CC(C)[C@@H](C)[C@@]1(C)CC[C@]2(C)[C@H]3CC[C@@H]4C5(COC[C@]4(C)[C@@H](OC[C@@](C)(N)C(C)(C)C)[C@H](n4nnc(N)n4)C5)C3=CC[C@@]2(C)[C@@H]1C(=O)O. The number of carbonyl (C=O) groups is 1. The number of nitrogens with two attached hydrogens (primary N) is 2. The quantitative estimate of drug-likeness (QED) is 0.275. The van der Waals surface area contributed by atoms with E-state index in [1.807, 2.05) is 0 Å². The van der Waals surface area contributed by atoms with Crippen LogP contribution < -0.4 is 11.5 Å². The second-order valence-electron chi connectivity index (χ2n) is 19.5. The first kappa shape index (κ1) is 35.8. The molecule has 0 amide bonds. The van der Waals surface area contributed by atoms with Gasteiger partial charge in [-0.25, -0.2) is 0 Å². The Morgan fingerprint density at radius 2 is 1.79 bits per heavy atom. The van der Waals surface area contributed by atoms with E-state index in [0.717, 1.165) is 38.5 Å². The molecule has 1 saturated heterocycles. The third kappa shape index (κ3) is 4.80. The van der Waals surface area contributed by atoms with E-state index >= 15 is 0 Å². The van der Waals surface area contributed by atoms with Crippen molar-refractivity contribution in [2.45, 2.75) is 132 Å². The molecule has 10 heteroatoms. The monoisotopic (exact) mass is 668 g/mol. The fourth-order valence-corrected chi connectivity index (χ4v) is 12.0.